The lowest BCUT2D eigenvalue weighted by Crippen LogP contribution is -2.30. The summed E-state index contributed by atoms with van der Waals surface area (Å²) in [5, 5.41) is 4.51. The molecule has 0 atom stereocenters. The number of aromatic nitrogens is 1. The maximum atomic E-state index is 14.1. The molecule has 0 unspecified atom stereocenters. The fourth-order valence-corrected chi connectivity index (χ4v) is 5.20. The molecule has 2 amide bonds. The number of nitrogens with one attached hydrogen (secondary N) is 2. The van der Waals surface area contributed by atoms with Gasteiger partial charge in [-0.3, -0.25) is 9.59 Å². The second kappa shape index (κ2) is 22.6. The molecule has 2 N–H and O–H groups in total. The number of aryl methyl sites for hydroxylation is 2. The quantitative estimate of drug-likeness (QED) is 0.0380. The van der Waals surface area contributed by atoms with Gasteiger partial charge >= 0.3 is 29.9 Å². The first-order chi connectivity index (χ1) is 28.7. The van der Waals surface area contributed by atoms with Gasteiger partial charge < -0.3 is 29.6 Å². The number of pyridine rings is 1. The fraction of sp³-hybridized carbons (Fsp3) is 0.239. The third-order valence-corrected chi connectivity index (χ3v) is 8.25. The summed E-state index contributed by atoms with van der Waals surface area (Å²) in [6.45, 7) is 11.3. The molecule has 14 heteroatoms. The lowest BCUT2D eigenvalue weighted by molar-refractivity contribution is -0.138. The van der Waals surface area contributed by atoms with Gasteiger partial charge in [-0.1, -0.05) is 30.9 Å². The van der Waals surface area contributed by atoms with Crippen molar-refractivity contribution in [1.82, 2.24) is 4.98 Å². The van der Waals surface area contributed by atoms with Gasteiger partial charge in [-0.25, -0.2) is 14.6 Å². The first-order valence-electron chi connectivity index (χ1n) is 18.7. The summed E-state index contributed by atoms with van der Waals surface area (Å²) < 4.78 is 63.5. The molecule has 0 saturated carbocycles. The van der Waals surface area contributed by atoms with Crippen LogP contribution in [0.25, 0.3) is 0 Å². The van der Waals surface area contributed by atoms with Gasteiger partial charge in [0, 0.05) is 28.8 Å². The Balaban J connectivity index is 1.31. The van der Waals surface area contributed by atoms with E-state index in [2.05, 4.69) is 52.5 Å². The molecule has 0 aliphatic heterocycles. The molecular weight excluding hydrogens is 780 g/mol. The van der Waals surface area contributed by atoms with Crippen LogP contribution in [0.1, 0.15) is 64.9 Å². The van der Waals surface area contributed by atoms with E-state index in [9.17, 15) is 32.3 Å². The Kier molecular flexibility index (Phi) is 17.1. The average molecular weight is 822 g/mol. The largest absolute Gasteiger partial charge is 0.494 e. The number of ether oxygens (including phenoxy) is 4. The van der Waals surface area contributed by atoms with E-state index < -0.39 is 41.2 Å². The zero-order chi connectivity index (χ0) is 43.5. The molecule has 3 aromatic carbocycles. The Morgan fingerprint density at radius 2 is 1.12 bits per heavy atom. The second-order valence-corrected chi connectivity index (χ2v) is 12.9. The van der Waals surface area contributed by atoms with Crippen molar-refractivity contribution in [3.63, 3.8) is 0 Å². The maximum absolute atomic E-state index is 14.1. The minimum Gasteiger partial charge on any atom is -0.494 e. The number of nitrogens with zero attached hydrogens (tertiary/aromatic N) is 1. The van der Waals surface area contributed by atoms with Crippen LogP contribution in [-0.4, -0.2) is 55.2 Å². The number of esters is 2. The summed E-state index contributed by atoms with van der Waals surface area (Å²) in [5.41, 5.74) is 0.914. The number of carbonyl (C=O) groups is 4. The molecule has 0 aliphatic rings. The topological polar surface area (TPSA) is 142 Å². The molecule has 0 fully saturated rings. The molecule has 11 nitrogen and oxygen atoms in total. The third-order valence-electron chi connectivity index (χ3n) is 8.25. The molecule has 1 heterocycles. The molecule has 4 rings (SSSR count). The van der Waals surface area contributed by atoms with Crippen LogP contribution in [0.3, 0.4) is 0 Å². The molecule has 1 aromatic heterocycles. The Morgan fingerprint density at radius 1 is 0.650 bits per heavy atom. The maximum Gasteiger partial charge on any atom is 0.418 e. The third kappa shape index (κ3) is 14.9. The number of carbonyl (C=O) groups excluding carboxylic acids is 4. The smallest absolute Gasteiger partial charge is 0.418 e. The zero-order valence-corrected chi connectivity index (χ0v) is 33.0. The van der Waals surface area contributed by atoms with Crippen LogP contribution in [0.2, 0.25) is 0 Å². The summed E-state index contributed by atoms with van der Waals surface area (Å²) >= 11 is 0. The lowest BCUT2D eigenvalue weighted by Gasteiger charge is -2.15. The molecule has 310 valence electrons. The van der Waals surface area contributed by atoms with E-state index in [1.54, 1.807) is 68.4 Å². The van der Waals surface area contributed by atoms with Crippen molar-refractivity contribution in [3.8, 4) is 35.2 Å². The van der Waals surface area contributed by atoms with E-state index in [0.29, 0.717) is 78.5 Å². The minimum absolute atomic E-state index is 0.0303. The van der Waals surface area contributed by atoms with Crippen LogP contribution in [0.15, 0.2) is 98.1 Å². The van der Waals surface area contributed by atoms with Gasteiger partial charge in [-0.15, -0.1) is 0 Å². The Bertz CT molecular complexity index is 2290. The molecular formula is C46H42F3N3O8. The van der Waals surface area contributed by atoms with E-state index in [1.165, 1.54) is 6.07 Å². The Labute approximate surface area is 346 Å². The van der Waals surface area contributed by atoms with Crippen molar-refractivity contribution in [3.05, 3.63) is 137 Å². The van der Waals surface area contributed by atoms with Gasteiger partial charge in [0.15, 0.2) is 0 Å². The van der Waals surface area contributed by atoms with Crippen molar-refractivity contribution in [2.45, 2.75) is 45.7 Å². The number of rotatable bonds is 16. The fourth-order valence-electron chi connectivity index (χ4n) is 5.20. The highest BCUT2D eigenvalue weighted by molar-refractivity contribution is 6.43. The van der Waals surface area contributed by atoms with Gasteiger partial charge in [0.2, 0.25) is 0 Å². The number of alkyl halides is 3. The van der Waals surface area contributed by atoms with Gasteiger partial charge in [-0.05, 0) is 124 Å². The van der Waals surface area contributed by atoms with E-state index >= 15 is 0 Å². The molecule has 4 aromatic rings. The number of hydrogen-bond donors (Lipinski definition) is 2. The zero-order valence-electron chi connectivity index (χ0n) is 33.0. The highest BCUT2D eigenvalue weighted by Crippen LogP contribution is 2.35. The van der Waals surface area contributed by atoms with Crippen molar-refractivity contribution in [1.29, 1.82) is 0 Å². The molecule has 0 radical (unpaired) electrons. The van der Waals surface area contributed by atoms with Crippen LogP contribution in [0.5, 0.6) is 11.5 Å². The first kappa shape index (κ1) is 45.4. The van der Waals surface area contributed by atoms with Crippen molar-refractivity contribution in [2.75, 3.05) is 37.1 Å². The summed E-state index contributed by atoms with van der Waals surface area (Å²) in [6.07, 6.45) is -0.0636. The van der Waals surface area contributed by atoms with Gasteiger partial charge in [0.05, 0.1) is 49.1 Å². The SMILES string of the molecule is C=CC(=O)OCCCCOc1ccc(C#Cc2ccc(NC(=O)C(=O)Nc3c(C)cc(C#Cc4ccc(OCCCCOC(=O)C=C)cc4)nc3C)c(C(F)(F)F)c2)cc1. The monoisotopic (exact) mass is 821 g/mol. The number of unbranched alkanes of at least 4 members (excludes halogenated alkanes) is 2. The van der Waals surface area contributed by atoms with E-state index in [1.807, 2.05) is 0 Å². The summed E-state index contributed by atoms with van der Waals surface area (Å²) in [7, 11) is 0. The highest BCUT2D eigenvalue weighted by Gasteiger charge is 2.35. The number of hydrogen-bond acceptors (Lipinski definition) is 9. The summed E-state index contributed by atoms with van der Waals surface area (Å²) in [4.78, 5) is 52.3. The van der Waals surface area contributed by atoms with Crippen LogP contribution < -0.4 is 20.1 Å². The molecule has 0 saturated heterocycles. The molecule has 0 aliphatic carbocycles. The Hall–Kier alpha value is -7.32. The van der Waals surface area contributed by atoms with Gasteiger partial charge in [-0.2, -0.15) is 13.2 Å². The molecule has 0 bridgehead atoms. The van der Waals surface area contributed by atoms with Crippen molar-refractivity contribution in [2.24, 2.45) is 0 Å². The predicted octanol–water partition coefficient (Wildman–Crippen LogP) is 7.87. The van der Waals surface area contributed by atoms with Crippen molar-refractivity contribution >= 4 is 35.1 Å². The number of halogens is 3. The van der Waals surface area contributed by atoms with E-state index in [-0.39, 0.29) is 24.5 Å². The summed E-state index contributed by atoms with van der Waals surface area (Å²) in [6, 6.07) is 18.5. The van der Waals surface area contributed by atoms with Crippen LogP contribution in [-0.2, 0) is 34.8 Å². The highest BCUT2D eigenvalue weighted by atomic mass is 19.4. The normalized spacial score (nSPS) is 10.4. The summed E-state index contributed by atoms with van der Waals surface area (Å²) in [5.74, 6) is 9.23. The first-order valence-corrected chi connectivity index (χ1v) is 18.7. The predicted molar refractivity (Wildman–Crippen MR) is 219 cm³/mol. The van der Waals surface area contributed by atoms with Crippen molar-refractivity contribution < 1.29 is 51.3 Å². The number of anilines is 2. The second-order valence-electron chi connectivity index (χ2n) is 12.9. The van der Waals surface area contributed by atoms with E-state index in [0.717, 1.165) is 24.3 Å². The van der Waals surface area contributed by atoms with Gasteiger partial charge in [0.25, 0.3) is 0 Å². The lowest BCUT2D eigenvalue weighted by atomic mass is 10.1. The molecule has 0 spiro atoms. The standard InChI is InChI=1S/C46H42F3N3O8/c1-5-41(53)59-27-9-7-25-57-37-20-14-33(15-21-37)11-12-35-18-24-40(39(30-35)46(47,48)49)51-44(55)45(56)52-43-31(3)29-36(50-32(43)4)19-13-34-16-22-38(23-17-34)58-26-8-10-28-60-42(54)6-2/h5-6,14-18,20-24,29-30H,1-2,7-10,25-28H2,3-4H3,(H,51,55)(H,52,56). The number of benzene rings is 3. The Morgan fingerprint density at radius 3 is 1.62 bits per heavy atom. The van der Waals surface area contributed by atoms with Crippen LogP contribution in [0, 0.1) is 37.5 Å². The van der Waals surface area contributed by atoms with Crippen LogP contribution >= 0.6 is 0 Å². The van der Waals surface area contributed by atoms with E-state index in [4.69, 9.17) is 18.9 Å². The molecule has 60 heavy (non-hydrogen) atoms. The van der Waals surface area contributed by atoms with Gasteiger partial charge in [0.1, 0.15) is 17.2 Å². The number of amides is 2. The minimum atomic E-state index is -4.88. The average Bonchev–Trinajstić information content (AvgIpc) is 3.23. The van der Waals surface area contributed by atoms with Crippen LogP contribution in [0.4, 0.5) is 24.5 Å².